The number of hydrogen-bond acceptors (Lipinski definition) is 3. The fraction of sp³-hybridized carbons (Fsp3) is 0.467. The van der Waals surface area contributed by atoms with Crippen LogP contribution >= 0.6 is 0 Å². The molecule has 1 aliphatic rings. The summed E-state index contributed by atoms with van der Waals surface area (Å²) in [5, 5.41) is 0. The molecule has 0 radical (unpaired) electrons. The molecule has 0 N–H and O–H groups in total. The third kappa shape index (κ3) is 4.16. The molecule has 22 heavy (non-hydrogen) atoms. The molecule has 1 heterocycles. The van der Waals surface area contributed by atoms with Crippen molar-refractivity contribution in [3.8, 4) is 5.75 Å². The normalized spacial score (nSPS) is 15.6. The van der Waals surface area contributed by atoms with Crippen LogP contribution in [-0.2, 0) is 4.79 Å². The standard InChI is InChI=1S/C15H18F2N2O3/c1-11(20)18-6-3-7-19(9-8-18)14(21)12-4-2-5-13(10-12)22-15(16)17/h2,4-5,10,15H,3,6-9H2,1H3. The summed E-state index contributed by atoms with van der Waals surface area (Å²) >= 11 is 0. The minimum absolute atomic E-state index is 0.0124. The monoisotopic (exact) mass is 312 g/mol. The van der Waals surface area contributed by atoms with Crippen LogP contribution in [0.1, 0.15) is 23.7 Å². The molecule has 5 nitrogen and oxygen atoms in total. The Balaban J connectivity index is 2.06. The lowest BCUT2D eigenvalue weighted by Gasteiger charge is -2.21. The first kappa shape index (κ1) is 16.2. The van der Waals surface area contributed by atoms with Gasteiger partial charge in [0, 0.05) is 38.7 Å². The van der Waals surface area contributed by atoms with E-state index in [1.54, 1.807) is 15.9 Å². The first-order chi connectivity index (χ1) is 10.5. The Morgan fingerprint density at radius 1 is 1.14 bits per heavy atom. The maximum absolute atomic E-state index is 12.4. The van der Waals surface area contributed by atoms with Gasteiger partial charge in [-0.25, -0.2) is 0 Å². The maximum Gasteiger partial charge on any atom is 0.387 e. The van der Waals surface area contributed by atoms with E-state index in [0.717, 1.165) is 0 Å². The highest BCUT2D eigenvalue weighted by atomic mass is 19.3. The van der Waals surface area contributed by atoms with Crippen LogP contribution in [0.2, 0.25) is 0 Å². The minimum Gasteiger partial charge on any atom is -0.435 e. The van der Waals surface area contributed by atoms with Crippen molar-refractivity contribution in [3.63, 3.8) is 0 Å². The van der Waals surface area contributed by atoms with Crippen LogP contribution in [-0.4, -0.2) is 54.4 Å². The molecule has 1 fully saturated rings. The van der Waals surface area contributed by atoms with Gasteiger partial charge in [0.1, 0.15) is 5.75 Å². The molecule has 0 unspecified atom stereocenters. The van der Waals surface area contributed by atoms with Crippen LogP contribution in [0.3, 0.4) is 0 Å². The second-order valence-corrected chi connectivity index (χ2v) is 5.06. The summed E-state index contributed by atoms with van der Waals surface area (Å²) in [4.78, 5) is 27.2. The van der Waals surface area contributed by atoms with Crippen LogP contribution in [0.15, 0.2) is 24.3 Å². The quantitative estimate of drug-likeness (QED) is 0.857. The molecule has 0 bridgehead atoms. The van der Waals surface area contributed by atoms with E-state index < -0.39 is 6.61 Å². The van der Waals surface area contributed by atoms with Crippen molar-refractivity contribution in [1.82, 2.24) is 9.80 Å². The highest BCUT2D eigenvalue weighted by Gasteiger charge is 2.21. The van der Waals surface area contributed by atoms with E-state index in [9.17, 15) is 18.4 Å². The number of carbonyl (C=O) groups excluding carboxylic acids is 2. The van der Waals surface area contributed by atoms with Gasteiger partial charge in [-0.15, -0.1) is 0 Å². The molecule has 2 rings (SSSR count). The van der Waals surface area contributed by atoms with E-state index in [-0.39, 0.29) is 17.6 Å². The van der Waals surface area contributed by atoms with Crippen molar-refractivity contribution in [1.29, 1.82) is 0 Å². The SMILES string of the molecule is CC(=O)N1CCCN(C(=O)c2cccc(OC(F)F)c2)CC1. The predicted octanol–water partition coefficient (Wildman–Crippen LogP) is 1.98. The minimum atomic E-state index is -2.92. The number of halogens is 2. The van der Waals surface area contributed by atoms with Gasteiger partial charge in [-0.05, 0) is 24.6 Å². The molecule has 0 aromatic heterocycles. The van der Waals surface area contributed by atoms with E-state index in [4.69, 9.17) is 0 Å². The Kier molecular flexibility index (Phi) is 5.30. The fourth-order valence-electron chi connectivity index (χ4n) is 2.42. The lowest BCUT2D eigenvalue weighted by atomic mass is 10.2. The lowest BCUT2D eigenvalue weighted by Crippen LogP contribution is -2.36. The van der Waals surface area contributed by atoms with Crippen LogP contribution in [0.4, 0.5) is 8.78 Å². The Bertz CT molecular complexity index is 551. The van der Waals surface area contributed by atoms with Crippen LogP contribution in [0.5, 0.6) is 5.75 Å². The average molecular weight is 312 g/mol. The second kappa shape index (κ2) is 7.20. The Morgan fingerprint density at radius 3 is 2.50 bits per heavy atom. The molecular formula is C15H18F2N2O3. The van der Waals surface area contributed by atoms with E-state index in [1.807, 2.05) is 0 Å². The Labute approximate surface area is 127 Å². The Hall–Kier alpha value is -2.18. The number of carbonyl (C=O) groups is 2. The van der Waals surface area contributed by atoms with E-state index in [2.05, 4.69) is 4.74 Å². The number of alkyl halides is 2. The van der Waals surface area contributed by atoms with Crippen molar-refractivity contribution in [2.75, 3.05) is 26.2 Å². The highest BCUT2D eigenvalue weighted by molar-refractivity contribution is 5.94. The molecule has 120 valence electrons. The summed E-state index contributed by atoms with van der Waals surface area (Å²) in [6, 6.07) is 5.75. The molecule has 1 saturated heterocycles. The van der Waals surface area contributed by atoms with Crippen molar-refractivity contribution in [2.45, 2.75) is 20.0 Å². The lowest BCUT2D eigenvalue weighted by molar-refractivity contribution is -0.128. The topological polar surface area (TPSA) is 49.9 Å². The number of amides is 2. The molecule has 2 amide bonds. The van der Waals surface area contributed by atoms with Gasteiger partial charge in [0.05, 0.1) is 0 Å². The third-order valence-electron chi connectivity index (χ3n) is 3.53. The zero-order valence-corrected chi connectivity index (χ0v) is 12.3. The summed E-state index contributed by atoms with van der Waals surface area (Å²) in [6.07, 6.45) is 0.693. The zero-order valence-electron chi connectivity index (χ0n) is 12.3. The number of rotatable bonds is 3. The summed E-state index contributed by atoms with van der Waals surface area (Å²) in [7, 11) is 0. The summed E-state index contributed by atoms with van der Waals surface area (Å²) in [5.41, 5.74) is 0.300. The van der Waals surface area contributed by atoms with E-state index >= 15 is 0 Å². The fourth-order valence-corrected chi connectivity index (χ4v) is 2.42. The van der Waals surface area contributed by atoms with Crippen LogP contribution in [0, 0.1) is 0 Å². The molecule has 0 saturated carbocycles. The smallest absolute Gasteiger partial charge is 0.387 e. The third-order valence-corrected chi connectivity index (χ3v) is 3.53. The largest absolute Gasteiger partial charge is 0.435 e. The van der Waals surface area contributed by atoms with Gasteiger partial charge in [-0.1, -0.05) is 6.07 Å². The maximum atomic E-state index is 12.4. The highest BCUT2D eigenvalue weighted by Crippen LogP contribution is 2.18. The first-order valence-corrected chi connectivity index (χ1v) is 7.07. The summed E-state index contributed by atoms with van der Waals surface area (Å²) in [6.45, 7) is 0.638. The van der Waals surface area contributed by atoms with Gasteiger partial charge in [0.25, 0.3) is 5.91 Å². The van der Waals surface area contributed by atoms with Crippen molar-refractivity contribution < 1.29 is 23.1 Å². The summed E-state index contributed by atoms with van der Waals surface area (Å²) in [5.74, 6) is -0.298. The zero-order chi connectivity index (χ0) is 16.1. The van der Waals surface area contributed by atoms with Gasteiger partial charge in [0.2, 0.25) is 5.91 Å². The van der Waals surface area contributed by atoms with Crippen molar-refractivity contribution in [2.24, 2.45) is 0 Å². The number of ether oxygens (including phenoxy) is 1. The van der Waals surface area contributed by atoms with Gasteiger partial charge in [-0.3, -0.25) is 9.59 Å². The van der Waals surface area contributed by atoms with Gasteiger partial charge in [-0.2, -0.15) is 8.78 Å². The van der Waals surface area contributed by atoms with Gasteiger partial charge in [0.15, 0.2) is 0 Å². The number of nitrogens with zero attached hydrogens (tertiary/aromatic N) is 2. The van der Waals surface area contributed by atoms with Gasteiger partial charge >= 0.3 is 6.61 Å². The van der Waals surface area contributed by atoms with E-state index in [0.29, 0.717) is 38.2 Å². The Morgan fingerprint density at radius 2 is 1.82 bits per heavy atom. The molecule has 7 heteroatoms. The van der Waals surface area contributed by atoms with Crippen molar-refractivity contribution in [3.05, 3.63) is 29.8 Å². The van der Waals surface area contributed by atoms with Crippen molar-refractivity contribution >= 4 is 11.8 Å². The molecule has 0 atom stereocenters. The van der Waals surface area contributed by atoms with E-state index in [1.165, 1.54) is 25.1 Å². The average Bonchev–Trinajstić information content (AvgIpc) is 2.72. The second-order valence-electron chi connectivity index (χ2n) is 5.06. The molecular weight excluding hydrogens is 294 g/mol. The molecule has 1 aromatic rings. The number of benzene rings is 1. The molecule has 0 spiro atoms. The van der Waals surface area contributed by atoms with Crippen LogP contribution in [0.25, 0.3) is 0 Å². The molecule has 1 aromatic carbocycles. The van der Waals surface area contributed by atoms with Gasteiger partial charge < -0.3 is 14.5 Å². The van der Waals surface area contributed by atoms with Crippen LogP contribution < -0.4 is 4.74 Å². The summed E-state index contributed by atoms with van der Waals surface area (Å²) < 4.78 is 28.8. The molecule has 1 aliphatic heterocycles. The molecule has 0 aliphatic carbocycles. The first-order valence-electron chi connectivity index (χ1n) is 7.07. The number of hydrogen-bond donors (Lipinski definition) is 0. The predicted molar refractivity (Wildman–Crippen MR) is 75.8 cm³/mol.